The lowest BCUT2D eigenvalue weighted by molar-refractivity contribution is 0.168. The van der Waals surface area contributed by atoms with Gasteiger partial charge < -0.3 is 4.74 Å². The molecule has 0 fully saturated rings. The molecule has 0 aliphatic rings. The first-order valence-corrected chi connectivity index (χ1v) is 4.23. The normalized spacial score (nSPS) is 9.50. The van der Waals surface area contributed by atoms with Gasteiger partial charge >= 0.3 is 6.09 Å². The zero-order chi connectivity index (χ0) is 8.97. The molecular weight excluding hydrogens is 178 g/mol. The summed E-state index contributed by atoms with van der Waals surface area (Å²) in [6.07, 6.45) is -0.492. The molecule has 6 heteroatoms. The van der Waals surface area contributed by atoms with Gasteiger partial charge in [-0.25, -0.2) is 9.78 Å². The molecule has 5 nitrogen and oxygen atoms in total. The second-order valence-electron chi connectivity index (χ2n) is 1.99. The minimum atomic E-state index is -0.492. The fraction of sp³-hybridized carbons (Fsp3) is 0.500. The molecule has 0 aliphatic heterocycles. The van der Waals surface area contributed by atoms with Crippen LogP contribution < -0.4 is 5.32 Å². The van der Waals surface area contributed by atoms with Crippen LogP contribution >= 0.6 is 11.5 Å². The van der Waals surface area contributed by atoms with E-state index in [4.69, 9.17) is 0 Å². The number of amides is 1. The number of carbonyl (C=O) groups is 1. The van der Waals surface area contributed by atoms with E-state index in [1.807, 2.05) is 0 Å². The van der Waals surface area contributed by atoms with E-state index in [2.05, 4.69) is 19.4 Å². The van der Waals surface area contributed by atoms with Crippen molar-refractivity contribution in [2.24, 2.45) is 0 Å². The van der Waals surface area contributed by atoms with Gasteiger partial charge in [-0.1, -0.05) is 0 Å². The Morgan fingerprint density at radius 1 is 1.75 bits per heavy atom. The quantitative estimate of drug-likeness (QED) is 0.760. The summed E-state index contributed by atoms with van der Waals surface area (Å²) in [5, 5.41) is 2.91. The summed E-state index contributed by atoms with van der Waals surface area (Å²) in [7, 11) is 0. The number of carbonyl (C=O) groups excluding carboxylic acids is 1. The molecule has 0 saturated carbocycles. The van der Waals surface area contributed by atoms with Gasteiger partial charge in [0.15, 0.2) is 0 Å². The summed E-state index contributed by atoms with van der Waals surface area (Å²) < 4.78 is 8.53. The number of aryl methyl sites for hydroxylation is 1. The molecule has 1 amide bonds. The highest BCUT2D eigenvalue weighted by Gasteiger charge is 2.04. The van der Waals surface area contributed by atoms with E-state index in [0.29, 0.717) is 17.6 Å². The van der Waals surface area contributed by atoms with E-state index in [-0.39, 0.29) is 0 Å². The Balaban J connectivity index is 2.46. The molecule has 0 radical (unpaired) electrons. The zero-order valence-electron chi connectivity index (χ0n) is 6.83. The van der Waals surface area contributed by atoms with Crippen LogP contribution in [0.5, 0.6) is 0 Å². The molecule has 0 bridgehead atoms. The van der Waals surface area contributed by atoms with E-state index in [1.54, 1.807) is 13.8 Å². The Morgan fingerprint density at radius 2 is 2.50 bits per heavy atom. The first-order valence-electron chi connectivity index (χ1n) is 3.46. The lowest BCUT2D eigenvalue weighted by atomic mass is 10.7. The number of anilines is 1. The van der Waals surface area contributed by atoms with E-state index in [9.17, 15) is 4.79 Å². The Bertz CT molecular complexity index is 274. The van der Waals surface area contributed by atoms with E-state index < -0.39 is 6.09 Å². The molecule has 0 spiro atoms. The molecule has 0 aliphatic carbocycles. The van der Waals surface area contributed by atoms with Crippen molar-refractivity contribution in [1.82, 2.24) is 9.36 Å². The van der Waals surface area contributed by atoms with Gasteiger partial charge in [-0.05, 0) is 13.8 Å². The molecule has 66 valence electrons. The molecule has 1 N–H and O–H groups in total. The van der Waals surface area contributed by atoms with Gasteiger partial charge in [0.2, 0.25) is 5.13 Å². The van der Waals surface area contributed by atoms with Crippen LogP contribution in [0.3, 0.4) is 0 Å². The van der Waals surface area contributed by atoms with Crippen molar-refractivity contribution in [3.05, 3.63) is 5.82 Å². The van der Waals surface area contributed by atoms with Crippen molar-refractivity contribution >= 4 is 22.8 Å². The lowest BCUT2D eigenvalue weighted by Crippen LogP contribution is -2.12. The SMILES string of the molecule is CCOC(=O)Nc1nc(C)ns1. The Kier molecular flexibility index (Phi) is 2.98. The van der Waals surface area contributed by atoms with Crippen molar-refractivity contribution in [2.45, 2.75) is 13.8 Å². The number of hydrogen-bond acceptors (Lipinski definition) is 5. The van der Waals surface area contributed by atoms with Gasteiger partial charge in [0, 0.05) is 11.5 Å². The predicted molar refractivity (Wildman–Crippen MR) is 45.3 cm³/mol. The van der Waals surface area contributed by atoms with E-state index in [0.717, 1.165) is 11.5 Å². The van der Waals surface area contributed by atoms with Crippen molar-refractivity contribution in [3.8, 4) is 0 Å². The first-order chi connectivity index (χ1) is 5.72. The second-order valence-corrected chi connectivity index (χ2v) is 2.74. The van der Waals surface area contributed by atoms with E-state index in [1.165, 1.54) is 0 Å². The van der Waals surface area contributed by atoms with Crippen LogP contribution in [-0.2, 0) is 4.74 Å². The Hall–Kier alpha value is -1.17. The average molecular weight is 187 g/mol. The molecule has 1 rings (SSSR count). The first kappa shape index (κ1) is 8.92. The van der Waals surface area contributed by atoms with Gasteiger partial charge in [-0.3, -0.25) is 5.32 Å². The third-order valence-electron chi connectivity index (χ3n) is 1.01. The summed E-state index contributed by atoms with van der Waals surface area (Å²) in [5.41, 5.74) is 0. The largest absolute Gasteiger partial charge is 0.450 e. The highest BCUT2D eigenvalue weighted by atomic mass is 32.1. The van der Waals surface area contributed by atoms with Gasteiger partial charge in [-0.15, -0.1) is 0 Å². The Labute approximate surface area is 73.9 Å². The number of nitrogens with zero attached hydrogens (tertiary/aromatic N) is 2. The second kappa shape index (κ2) is 4.01. The van der Waals surface area contributed by atoms with Crippen molar-refractivity contribution in [1.29, 1.82) is 0 Å². The molecular formula is C6H9N3O2S. The molecule has 1 aromatic heterocycles. The maximum absolute atomic E-state index is 10.8. The number of hydrogen-bond donors (Lipinski definition) is 1. The summed E-state index contributed by atoms with van der Waals surface area (Å²) in [6, 6.07) is 0. The third-order valence-corrected chi connectivity index (χ3v) is 1.73. The van der Waals surface area contributed by atoms with Crippen molar-refractivity contribution < 1.29 is 9.53 Å². The minimum Gasteiger partial charge on any atom is -0.450 e. The summed E-state index contributed by atoms with van der Waals surface area (Å²) in [6.45, 7) is 3.85. The molecule has 0 aromatic carbocycles. The third kappa shape index (κ3) is 2.46. The summed E-state index contributed by atoms with van der Waals surface area (Å²) in [4.78, 5) is 14.8. The maximum atomic E-state index is 10.8. The standard InChI is InChI=1S/C6H9N3O2S/c1-3-11-6(10)8-5-7-4(2)9-12-5/h3H2,1-2H3,(H,7,8,9,10). The van der Waals surface area contributed by atoms with Crippen LogP contribution in [0.15, 0.2) is 0 Å². The smallest absolute Gasteiger partial charge is 0.413 e. The fourth-order valence-electron chi connectivity index (χ4n) is 0.602. The van der Waals surface area contributed by atoms with Gasteiger partial charge in [-0.2, -0.15) is 4.37 Å². The monoisotopic (exact) mass is 187 g/mol. The van der Waals surface area contributed by atoms with Crippen molar-refractivity contribution in [3.63, 3.8) is 0 Å². The maximum Gasteiger partial charge on any atom is 0.413 e. The van der Waals surface area contributed by atoms with Crippen LogP contribution in [0, 0.1) is 6.92 Å². The molecule has 0 atom stereocenters. The van der Waals surface area contributed by atoms with Crippen molar-refractivity contribution in [2.75, 3.05) is 11.9 Å². The predicted octanol–water partition coefficient (Wildman–Crippen LogP) is 1.41. The Morgan fingerprint density at radius 3 is 3.00 bits per heavy atom. The van der Waals surface area contributed by atoms with Crippen LogP contribution in [0.2, 0.25) is 0 Å². The highest BCUT2D eigenvalue weighted by molar-refractivity contribution is 7.09. The summed E-state index contributed by atoms with van der Waals surface area (Å²) >= 11 is 1.13. The lowest BCUT2D eigenvalue weighted by Gasteiger charge is -1.99. The van der Waals surface area contributed by atoms with Crippen LogP contribution in [0.1, 0.15) is 12.7 Å². The molecule has 1 aromatic rings. The van der Waals surface area contributed by atoms with E-state index >= 15 is 0 Å². The van der Waals surface area contributed by atoms with Crippen LogP contribution in [-0.4, -0.2) is 22.1 Å². The highest BCUT2D eigenvalue weighted by Crippen LogP contribution is 2.09. The molecule has 0 unspecified atom stereocenters. The molecule has 0 saturated heterocycles. The fourth-order valence-corrected chi connectivity index (χ4v) is 1.16. The molecule has 12 heavy (non-hydrogen) atoms. The van der Waals surface area contributed by atoms with Gasteiger partial charge in [0.05, 0.1) is 6.61 Å². The van der Waals surface area contributed by atoms with Gasteiger partial charge in [0.25, 0.3) is 0 Å². The number of nitrogens with one attached hydrogen (secondary N) is 1. The van der Waals surface area contributed by atoms with Crippen LogP contribution in [0.25, 0.3) is 0 Å². The minimum absolute atomic E-state index is 0.351. The number of ether oxygens (including phenoxy) is 1. The summed E-state index contributed by atoms with van der Waals surface area (Å²) in [5.74, 6) is 0.645. The average Bonchev–Trinajstić information content (AvgIpc) is 2.36. The number of rotatable bonds is 2. The molecule has 1 heterocycles. The zero-order valence-corrected chi connectivity index (χ0v) is 7.64. The van der Waals surface area contributed by atoms with Crippen LogP contribution in [0.4, 0.5) is 9.93 Å². The van der Waals surface area contributed by atoms with Gasteiger partial charge in [0.1, 0.15) is 5.82 Å². The topological polar surface area (TPSA) is 64.1 Å². The number of aromatic nitrogens is 2.